The molecule has 0 bridgehead atoms. The summed E-state index contributed by atoms with van der Waals surface area (Å²) >= 11 is 0.576. The molecular weight excluding hydrogens is 288 g/mol. The van der Waals surface area contributed by atoms with Crippen molar-refractivity contribution >= 4 is 11.8 Å². The summed E-state index contributed by atoms with van der Waals surface area (Å²) in [6.07, 6.45) is 0. The summed E-state index contributed by atoms with van der Waals surface area (Å²) in [7, 11) is 0. The average molecular weight is 307 g/mol. The molecule has 0 radical (unpaired) electrons. The van der Waals surface area contributed by atoms with Crippen molar-refractivity contribution in [1.29, 1.82) is 0 Å². The molecule has 4 heteroatoms. The lowest BCUT2D eigenvalue weighted by molar-refractivity contribution is 0.252. The highest BCUT2D eigenvalue weighted by Crippen LogP contribution is 2.29. The van der Waals surface area contributed by atoms with Gasteiger partial charge in [0.25, 0.3) is 5.76 Å². The zero-order valence-corrected chi connectivity index (χ0v) is 13.0. The molecule has 0 aliphatic heterocycles. The second-order valence-electron chi connectivity index (χ2n) is 4.83. The molecule has 21 heavy (non-hydrogen) atoms. The van der Waals surface area contributed by atoms with Crippen molar-refractivity contribution < 1.29 is 8.78 Å². The van der Waals surface area contributed by atoms with E-state index >= 15 is 0 Å². The summed E-state index contributed by atoms with van der Waals surface area (Å²) in [5.74, 6) is -2.37. The Hall–Kier alpha value is -1.39. The highest BCUT2D eigenvalue weighted by molar-refractivity contribution is 7.99. The molecular formula is C17H19F2NS. The van der Waals surface area contributed by atoms with E-state index in [2.05, 4.69) is 37.4 Å². The second kappa shape index (κ2) is 7.57. The molecule has 0 aromatic heterocycles. The minimum absolute atomic E-state index is 0.576. The first-order chi connectivity index (χ1) is 10.1. The van der Waals surface area contributed by atoms with Crippen LogP contribution in [0.4, 0.5) is 8.78 Å². The molecule has 1 N–H and O–H groups in total. The van der Waals surface area contributed by atoms with E-state index in [1.807, 2.05) is 12.1 Å². The summed E-state index contributed by atoms with van der Waals surface area (Å²) < 4.78 is 24.6. The van der Waals surface area contributed by atoms with Gasteiger partial charge < -0.3 is 5.32 Å². The van der Waals surface area contributed by atoms with Crippen LogP contribution in [0.5, 0.6) is 0 Å². The van der Waals surface area contributed by atoms with Gasteiger partial charge >= 0.3 is 0 Å². The van der Waals surface area contributed by atoms with Crippen LogP contribution in [0.2, 0.25) is 0 Å². The number of thioether (sulfide) groups is 1. The van der Waals surface area contributed by atoms with E-state index in [-0.39, 0.29) is 0 Å². The van der Waals surface area contributed by atoms with Gasteiger partial charge in [-0.15, -0.1) is 0 Å². The van der Waals surface area contributed by atoms with Crippen LogP contribution in [0.15, 0.2) is 47.4 Å². The first-order valence-electron chi connectivity index (χ1n) is 6.95. The van der Waals surface area contributed by atoms with Gasteiger partial charge in [-0.3, -0.25) is 0 Å². The Morgan fingerprint density at radius 3 is 2.38 bits per heavy atom. The Labute approximate surface area is 128 Å². The first-order valence-corrected chi connectivity index (χ1v) is 7.83. The zero-order chi connectivity index (χ0) is 15.2. The fourth-order valence-corrected chi connectivity index (χ4v) is 2.74. The number of hydrogen-bond acceptors (Lipinski definition) is 2. The third-order valence-corrected chi connectivity index (χ3v) is 3.98. The molecule has 0 aliphatic rings. The molecule has 112 valence electrons. The number of halogens is 2. The van der Waals surface area contributed by atoms with Gasteiger partial charge in [0, 0.05) is 11.4 Å². The maximum atomic E-state index is 12.3. The van der Waals surface area contributed by atoms with Crippen LogP contribution in [-0.4, -0.2) is 12.3 Å². The predicted octanol–water partition coefficient (Wildman–Crippen LogP) is 5.09. The van der Waals surface area contributed by atoms with Crippen LogP contribution in [0.1, 0.15) is 18.1 Å². The Bertz CT molecular complexity index is 582. The van der Waals surface area contributed by atoms with E-state index in [1.54, 1.807) is 12.1 Å². The van der Waals surface area contributed by atoms with E-state index in [0.717, 1.165) is 24.2 Å². The lowest BCUT2D eigenvalue weighted by atomic mass is 9.98. The Kier molecular flexibility index (Phi) is 5.76. The first kappa shape index (κ1) is 16.0. The molecule has 0 atom stereocenters. The van der Waals surface area contributed by atoms with Crippen molar-refractivity contribution in [2.45, 2.75) is 31.0 Å². The molecule has 0 heterocycles. The van der Waals surface area contributed by atoms with Crippen molar-refractivity contribution in [3.05, 3.63) is 53.6 Å². The molecule has 0 saturated heterocycles. The van der Waals surface area contributed by atoms with Crippen LogP contribution in [0.25, 0.3) is 11.1 Å². The second-order valence-corrected chi connectivity index (χ2v) is 5.90. The smallest absolute Gasteiger partial charge is 0.288 e. The van der Waals surface area contributed by atoms with Crippen LogP contribution in [-0.2, 0) is 6.54 Å². The maximum Gasteiger partial charge on any atom is 0.288 e. The van der Waals surface area contributed by atoms with Crippen LogP contribution in [0, 0.1) is 6.92 Å². The van der Waals surface area contributed by atoms with E-state index in [1.165, 1.54) is 11.1 Å². The number of aryl methyl sites for hydroxylation is 1. The normalized spacial score (nSPS) is 11.1. The predicted molar refractivity (Wildman–Crippen MR) is 85.9 cm³/mol. The van der Waals surface area contributed by atoms with Crippen molar-refractivity contribution in [1.82, 2.24) is 5.32 Å². The number of alkyl halides is 2. The molecule has 1 nitrogen and oxygen atoms in total. The summed E-state index contributed by atoms with van der Waals surface area (Å²) in [5, 5.41) is 3.30. The molecule has 0 aliphatic carbocycles. The quantitative estimate of drug-likeness (QED) is 0.746. The molecule has 2 aromatic rings. The van der Waals surface area contributed by atoms with E-state index in [9.17, 15) is 8.78 Å². The molecule has 0 saturated carbocycles. The average Bonchev–Trinajstić information content (AvgIpc) is 2.46. The summed E-state index contributed by atoms with van der Waals surface area (Å²) in [6, 6.07) is 13.7. The van der Waals surface area contributed by atoms with Crippen molar-refractivity contribution in [3.63, 3.8) is 0 Å². The fraction of sp³-hybridized carbons (Fsp3) is 0.294. The lowest BCUT2D eigenvalue weighted by Gasteiger charge is -2.10. The fourth-order valence-electron chi connectivity index (χ4n) is 2.24. The molecule has 0 spiro atoms. The number of benzene rings is 2. The van der Waals surface area contributed by atoms with Crippen molar-refractivity contribution in [2.24, 2.45) is 0 Å². The Morgan fingerprint density at radius 2 is 1.81 bits per heavy atom. The van der Waals surface area contributed by atoms with Crippen molar-refractivity contribution in [3.8, 4) is 11.1 Å². The zero-order valence-electron chi connectivity index (χ0n) is 12.2. The van der Waals surface area contributed by atoms with Gasteiger partial charge in [-0.05, 0) is 47.9 Å². The Balaban J connectivity index is 2.17. The SMILES string of the molecule is CCNCc1ccc(-c2ccc(SC(F)F)cc2)c(C)c1. The standard InChI is InChI=1S/C17H19F2NS/c1-3-20-11-13-4-9-16(12(2)10-13)14-5-7-15(8-6-14)21-17(18)19/h4-10,17,20H,3,11H2,1-2H3. The highest BCUT2D eigenvalue weighted by atomic mass is 32.2. The van der Waals surface area contributed by atoms with Gasteiger partial charge in [0.1, 0.15) is 0 Å². The number of nitrogens with one attached hydrogen (secondary N) is 1. The van der Waals surface area contributed by atoms with E-state index < -0.39 is 5.76 Å². The molecule has 0 fully saturated rings. The van der Waals surface area contributed by atoms with Crippen LogP contribution in [0.3, 0.4) is 0 Å². The number of hydrogen-bond donors (Lipinski definition) is 1. The summed E-state index contributed by atoms with van der Waals surface area (Å²) in [4.78, 5) is 0.593. The minimum atomic E-state index is -2.37. The van der Waals surface area contributed by atoms with Gasteiger partial charge in [-0.2, -0.15) is 8.78 Å². The largest absolute Gasteiger partial charge is 0.313 e. The highest BCUT2D eigenvalue weighted by Gasteiger charge is 2.07. The van der Waals surface area contributed by atoms with E-state index in [0.29, 0.717) is 16.7 Å². The number of rotatable bonds is 6. The monoisotopic (exact) mass is 307 g/mol. The summed E-state index contributed by atoms with van der Waals surface area (Å²) in [6.45, 7) is 5.97. The van der Waals surface area contributed by atoms with E-state index in [4.69, 9.17) is 0 Å². The van der Waals surface area contributed by atoms with Gasteiger partial charge in [0.2, 0.25) is 0 Å². The third kappa shape index (κ3) is 4.55. The van der Waals surface area contributed by atoms with Gasteiger partial charge in [-0.1, -0.05) is 49.0 Å². The van der Waals surface area contributed by atoms with Crippen molar-refractivity contribution in [2.75, 3.05) is 6.54 Å². The minimum Gasteiger partial charge on any atom is -0.313 e. The van der Waals surface area contributed by atoms with Gasteiger partial charge in [0.05, 0.1) is 0 Å². The Morgan fingerprint density at radius 1 is 1.10 bits per heavy atom. The topological polar surface area (TPSA) is 12.0 Å². The van der Waals surface area contributed by atoms with Gasteiger partial charge in [0.15, 0.2) is 0 Å². The van der Waals surface area contributed by atoms with Crippen LogP contribution >= 0.6 is 11.8 Å². The maximum absolute atomic E-state index is 12.3. The molecule has 2 aromatic carbocycles. The van der Waals surface area contributed by atoms with Crippen LogP contribution < -0.4 is 5.32 Å². The lowest BCUT2D eigenvalue weighted by Crippen LogP contribution is -2.11. The summed E-state index contributed by atoms with van der Waals surface area (Å²) in [5.41, 5.74) is 4.65. The van der Waals surface area contributed by atoms with Gasteiger partial charge in [-0.25, -0.2) is 0 Å². The molecule has 2 rings (SSSR count). The molecule has 0 amide bonds. The third-order valence-electron chi connectivity index (χ3n) is 3.26. The molecule has 0 unspecified atom stereocenters.